The van der Waals surface area contributed by atoms with Crippen molar-refractivity contribution in [1.29, 1.82) is 0 Å². The highest BCUT2D eigenvalue weighted by Crippen LogP contribution is 2.41. The summed E-state index contributed by atoms with van der Waals surface area (Å²) in [5, 5.41) is 0.512. The van der Waals surface area contributed by atoms with Gasteiger partial charge in [0, 0.05) is 20.8 Å². The molecule has 8 heteroatoms. The number of fused-ring (bicyclic) bond motifs is 1. The van der Waals surface area contributed by atoms with Crippen LogP contribution in [-0.2, 0) is 14.6 Å². The highest BCUT2D eigenvalue weighted by molar-refractivity contribution is 9.10. The van der Waals surface area contributed by atoms with Crippen LogP contribution in [0.2, 0.25) is 0 Å². The first-order valence-electron chi connectivity index (χ1n) is 7.62. The fourth-order valence-electron chi connectivity index (χ4n) is 2.75. The average Bonchev–Trinajstić information content (AvgIpc) is 2.88. The van der Waals surface area contributed by atoms with E-state index in [4.69, 9.17) is 0 Å². The van der Waals surface area contributed by atoms with Gasteiger partial charge < -0.3 is 4.90 Å². The molecule has 0 unspecified atom stereocenters. The maximum absolute atomic E-state index is 12.4. The summed E-state index contributed by atoms with van der Waals surface area (Å²) >= 11 is 4.85. The Labute approximate surface area is 155 Å². The number of anilines is 1. The summed E-state index contributed by atoms with van der Waals surface area (Å²) in [4.78, 5) is 18.6. The SMILES string of the molecule is CC(C)(C)C(=O)N=C1S[C@H]2CS(=O)(=O)C[C@H]2N1c1cccc(Br)c1. The Bertz CT molecular complexity index is 815. The smallest absolute Gasteiger partial charge is 0.253 e. The van der Waals surface area contributed by atoms with E-state index < -0.39 is 15.3 Å². The highest BCUT2D eigenvalue weighted by atomic mass is 79.9. The molecule has 2 fully saturated rings. The van der Waals surface area contributed by atoms with Gasteiger partial charge in [0.05, 0.1) is 17.5 Å². The van der Waals surface area contributed by atoms with Crippen LogP contribution in [0.25, 0.3) is 0 Å². The number of aliphatic imine (C=N–C) groups is 1. The van der Waals surface area contributed by atoms with Gasteiger partial charge in [0.1, 0.15) is 0 Å². The second kappa shape index (κ2) is 6.14. The third kappa shape index (κ3) is 3.55. The van der Waals surface area contributed by atoms with E-state index in [0.717, 1.165) is 10.2 Å². The first-order chi connectivity index (χ1) is 11.1. The van der Waals surface area contributed by atoms with Crippen molar-refractivity contribution in [2.24, 2.45) is 10.4 Å². The summed E-state index contributed by atoms with van der Waals surface area (Å²) in [5.74, 6) is 0.0305. The molecule has 24 heavy (non-hydrogen) atoms. The molecule has 0 saturated carbocycles. The van der Waals surface area contributed by atoms with Crippen molar-refractivity contribution >= 4 is 54.3 Å². The van der Waals surface area contributed by atoms with Gasteiger partial charge in [0.2, 0.25) is 0 Å². The van der Waals surface area contributed by atoms with Crippen LogP contribution >= 0.6 is 27.7 Å². The molecule has 3 rings (SSSR count). The molecule has 1 aromatic carbocycles. The Kier molecular flexibility index (Phi) is 4.59. The summed E-state index contributed by atoms with van der Waals surface area (Å²) in [5.41, 5.74) is 0.280. The third-order valence-electron chi connectivity index (χ3n) is 3.99. The summed E-state index contributed by atoms with van der Waals surface area (Å²) in [6.45, 7) is 5.48. The maximum Gasteiger partial charge on any atom is 0.253 e. The Morgan fingerprint density at radius 2 is 2.04 bits per heavy atom. The van der Waals surface area contributed by atoms with Crippen molar-refractivity contribution < 1.29 is 13.2 Å². The van der Waals surface area contributed by atoms with E-state index in [9.17, 15) is 13.2 Å². The van der Waals surface area contributed by atoms with Gasteiger partial charge in [-0.15, -0.1) is 0 Å². The number of amides is 1. The van der Waals surface area contributed by atoms with E-state index >= 15 is 0 Å². The number of rotatable bonds is 1. The molecule has 0 aromatic heterocycles. The highest BCUT2D eigenvalue weighted by Gasteiger charge is 2.49. The maximum atomic E-state index is 12.4. The lowest BCUT2D eigenvalue weighted by atomic mass is 9.96. The molecule has 0 aliphatic carbocycles. The van der Waals surface area contributed by atoms with E-state index in [2.05, 4.69) is 20.9 Å². The Morgan fingerprint density at radius 1 is 1.33 bits per heavy atom. The zero-order valence-corrected chi connectivity index (χ0v) is 16.9. The van der Waals surface area contributed by atoms with Crippen molar-refractivity contribution in [3.05, 3.63) is 28.7 Å². The summed E-state index contributed by atoms with van der Waals surface area (Å²) in [6, 6.07) is 7.46. The molecule has 130 valence electrons. The Balaban J connectivity index is 2.03. The number of carbonyl (C=O) groups is 1. The number of carbonyl (C=O) groups excluding carboxylic acids is 1. The van der Waals surface area contributed by atoms with Gasteiger partial charge in [-0.3, -0.25) is 4.79 Å². The molecule has 2 heterocycles. The summed E-state index contributed by atoms with van der Waals surface area (Å²) < 4.78 is 24.9. The molecule has 1 amide bonds. The monoisotopic (exact) mass is 430 g/mol. The lowest BCUT2D eigenvalue weighted by Crippen LogP contribution is -2.38. The molecule has 0 spiro atoms. The third-order valence-corrected chi connectivity index (χ3v) is 7.69. The van der Waals surface area contributed by atoms with Crippen LogP contribution in [0.4, 0.5) is 5.69 Å². The van der Waals surface area contributed by atoms with E-state index in [1.807, 2.05) is 49.9 Å². The van der Waals surface area contributed by atoms with Crippen LogP contribution in [0.1, 0.15) is 20.8 Å². The lowest BCUT2D eigenvalue weighted by Gasteiger charge is -2.25. The predicted octanol–water partition coefficient (Wildman–Crippen LogP) is 3.10. The largest absolute Gasteiger partial charge is 0.316 e. The van der Waals surface area contributed by atoms with Crippen LogP contribution in [0.15, 0.2) is 33.7 Å². The molecular weight excluding hydrogens is 412 g/mol. The van der Waals surface area contributed by atoms with Crippen LogP contribution in [0.3, 0.4) is 0 Å². The van der Waals surface area contributed by atoms with Gasteiger partial charge in [-0.05, 0) is 18.2 Å². The molecule has 0 radical (unpaired) electrons. The topological polar surface area (TPSA) is 66.8 Å². The van der Waals surface area contributed by atoms with Crippen molar-refractivity contribution in [3.8, 4) is 0 Å². The molecule has 0 bridgehead atoms. The number of halogens is 1. The standard InChI is InChI=1S/C16H19BrN2O3S2/c1-16(2,3)14(20)18-15-19(11-6-4-5-10(17)7-11)12-8-24(21,22)9-13(12)23-15/h4-7,12-13H,8-9H2,1-3H3/t12-,13+/m1/s1. The molecule has 1 aromatic rings. The molecule has 5 nitrogen and oxygen atoms in total. The van der Waals surface area contributed by atoms with Gasteiger partial charge >= 0.3 is 0 Å². The summed E-state index contributed by atoms with van der Waals surface area (Å²) in [6.07, 6.45) is 0. The van der Waals surface area contributed by atoms with Crippen molar-refractivity contribution in [2.75, 3.05) is 16.4 Å². The molecule has 2 aliphatic heterocycles. The lowest BCUT2D eigenvalue weighted by molar-refractivity contribution is -0.124. The van der Waals surface area contributed by atoms with Gasteiger partial charge in [-0.1, -0.05) is 54.5 Å². The summed E-state index contributed by atoms with van der Waals surface area (Å²) in [7, 11) is -3.05. The van der Waals surface area contributed by atoms with Crippen molar-refractivity contribution in [1.82, 2.24) is 0 Å². The van der Waals surface area contributed by atoms with Crippen LogP contribution in [0.5, 0.6) is 0 Å². The fraction of sp³-hybridized carbons (Fsp3) is 0.500. The minimum atomic E-state index is -3.05. The Morgan fingerprint density at radius 3 is 2.67 bits per heavy atom. The fourth-order valence-corrected chi connectivity index (χ4v) is 7.05. The zero-order valence-electron chi connectivity index (χ0n) is 13.7. The van der Waals surface area contributed by atoms with E-state index in [0.29, 0.717) is 5.17 Å². The number of thioether (sulfide) groups is 1. The zero-order chi connectivity index (χ0) is 17.7. The molecule has 2 saturated heterocycles. The quantitative estimate of drug-likeness (QED) is 0.684. The van der Waals surface area contributed by atoms with Gasteiger partial charge in [-0.25, -0.2) is 8.42 Å². The first-order valence-corrected chi connectivity index (χ1v) is 11.1. The van der Waals surface area contributed by atoms with Gasteiger partial charge in [0.25, 0.3) is 5.91 Å². The van der Waals surface area contributed by atoms with Gasteiger partial charge in [0.15, 0.2) is 15.0 Å². The van der Waals surface area contributed by atoms with Crippen LogP contribution < -0.4 is 4.90 Å². The minimum Gasteiger partial charge on any atom is -0.316 e. The van der Waals surface area contributed by atoms with E-state index in [1.54, 1.807) is 0 Å². The number of benzene rings is 1. The predicted molar refractivity (Wildman–Crippen MR) is 102 cm³/mol. The van der Waals surface area contributed by atoms with E-state index in [-0.39, 0.29) is 28.7 Å². The number of hydrogen-bond donors (Lipinski definition) is 0. The van der Waals surface area contributed by atoms with Crippen LogP contribution in [0, 0.1) is 5.41 Å². The van der Waals surface area contributed by atoms with Crippen LogP contribution in [-0.4, -0.2) is 42.3 Å². The van der Waals surface area contributed by atoms with E-state index in [1.165, 1.54) is 11.8 Å². The number of sulfone groups is 1. The normalized spacial score (nSPS) is 27.5. The van der Waals surface area contributed by atoms with Crippen molar-refractivity contribution in [3.63, 3.8) is 0 Å². The number of hydrogen-bond acceptors (Lipinski definition) is 4. The van der Waals surface area contributed by atoms with Crippen molar-refractivity contribution in [2.45, 2.75) is 32.1 Å². The molecular formula is C16H19BrN2O3S2. The number of nitrogens with zero attached hydrogens (tertiary/aromatic N) is 2. The first kappa shape index (κ1) is 17.9. The minimum absolute atomic E-state index is 0.0829. The molecule has 2 atom stereocenters. The average molecular weight is 431 g/mol. The Hall–Kier alpha value is -0.860. The van der Waals surface area contributed by atoms with Gasteiger partial charge in [-0.2, -0.15) is 4.99 Å². The second-order valence-corrected chi connectivity index (χ2v) is 11.4. The molecule has 0 N–H and O–H groups in total. The molecule has 2 aliphatic rings. The second-order valence-electron chi connectivity index (χ2n) is 7.10. The number of amidine groups is 1.